The quantitative estimate of drug-likeness (QED) is 0.644. The second kappa shape index (κ2) is 8.08. The van der Waals surface area contributed by atoms with E-state index in [-0.39, 0.29) is 11.8 Å². The summed E-state index contributed by atoms with van der Waals surface area (Å²) in [5.74, 6) is 0.511. The number of carbonyl (C=O) groups is 2. The number of hydrogen-bond donors (Lipinski definition) is 3. The van der Waals surface area contributed by atoms with Crippen molar-refractivity contribution < 1.29 is 9.59 Å². The molecule has 1 rings (SSSR count). The van der Waals surface area contributed by atoms with Crippen molar-refractivity contribution in [2.45, 2.75) is 45.6 Å². The fourth-order valence-electron chi connectivity index (χ4n) is 2.21. The highest BCUT2D eigenvalue weighted by Crippen LogP contribution is 2.17. The van der Waals surface area contributed by atoms with Gasteiger partial charge in [0.25, 0.3) is 0 Å². The molecule has 1 heterocycles. The van der Waals surface area contributed by atoms with Crippen LogP contribution in [0.2, 0.25) is 0 Å². The molecule has 1 saturated heterocycles. The maximum absolute atomic E-state index is 11.7. The molecular formula is C13H25N3O2. The van der Waals surface area contributed by atoms with E-state index in [1.165, 1.54) is 0 Å². The number of carbonyl (C=O) groups excluding carboxylic acids is 2. The molecule has 1 aliphatic heterocycles. The first kappa shape index (κ1) is 15.0. The van der Waals surface area contributed by atoms with Crippen molar-refractivity contribution in [3.63, 3.8) is 0 Å². The average molecular weight is 255 g/mol. The molecule has 18 heavy (non-hydrogen) atoms. The minimum atomic E-state index is -0.439. The monoisotopic (exact) mass is 255 g/mol. The van der Waals surface area contributed by atoms with Gasteiger partial charge in [-0.3, -0.25) is 9.59 Å². The van der Waals surface area contributed by atoms with E-state index in [1.54, 1.807) is 6.92 Å². The van der Waals surface area contributed by atoms with Gasteiger partial charge < -0.3 is 16.0 Å². The zero-order valence-corrected chi connectivity index (χ0v) is 11.4. The SMILES string of the molecule is CCNC(=O)C(C)NC(=O)CCC1CCNCC1. The predicted octanol–water partition coefficient (Wildman–Crippen LogP) is 0.407. The van der Waals surface area contributed by atoms with Gasteiger partial charge in [-0.1, -0.05) is 0 Å². The predicted molar refractivity (Wildman–Crippen MR) is 71.1 cm³/mol. The Morgan fingerprint density at radius 2 is 2.00 bits per heavy atom. The van der Waals surface area contributed by atoms with Crippen LogP contribution in [0.25, 0.3) is 0 Å². The van der Waals surface area contributed by atoms with Crippen molar-refractivity contribution in [1.29, 1.82) is 0 Å². The molecule has 5 heteroatoms. The molecule has 1 aliphatic rings. The standard InChI is InChI=1S/C13H25N3O2/c1-3-15-13(18)10(2)16-12(17)5-4-11-6-8-14-9-7-11/h10-11,14H,3-9H2,1-2H3,(H,15,18)(H,16,17). The van der Waals surface area contributed by atoms with Crippen molar-refractivity contribution in [2.75, 3.05) is 19.6 Å². The van der Waals surface area contributed by atoms with Gasteiger partial charge in [-0.15, -0.1) is 0 Å². The Balaban J connectivity index is 2.18. The highest BCUT2D eigenvalue weighted by Gasteiger charge is 2.17. The summed E-state index contributed by atoms with van der Waals surface area (Å²) in [6.07, 6.45) is 3.75. The molecule has 0 aromatic heterocycles. The minimum Gasteiger partial charge on any atom is -0.355 e. The Kier molecular flexibility index (Phi) is 6.72. The van der Waals surface area contributed by atoms with Crippen LogP contribution in [0.1, 0.15) is 39.5 Å². The summed E-state index contributed by atoms with van der Waals surface area (Å²) < 4.78 is 0. The summed E-state index contributed by atoms with van der Waals surface area (Å²) in [6.45, 7) is 6.29. The highest BCUT2D eigenvalue weighted by molar-refractivity contribution is 5.87. The first-order valence-corrected chi connectivity index (χ1v) is 6.91. The van der Waals surface area contributed by atoms with E-state index in [9.17, 15) is 9.59 Å². The molecular weight excluding hydrogens is 230 g/mol. The molecule has 0 aromatic rings. The second-order valence-electron chi connectivity index (χ2n) is 4.92. The van der Waals surface area contributed by atoms with Crippen LogP contribution >= 0.6 is 0 Å². The highest BCUT2D eigenvalue weighted by atomic mass is 16.2. The molecule has 2 amide bonds. The van der Waals surface area contributed by atoms with Crippen LogP contribution in [-0.2, 0) is 9.59 Å². The molecule has 1 unspecified atom stereocenters. The Hall–Kier alpha value is -1.10. The molecule has 1 fully saturated rings. The first-order chi connectivity index (χ1) is 8.63. The molecule has 1 atom stereocenters. The fourth-order valence-corrected chi connectivity index (χ4v) is 2.21. The molecule has 0 radical (unpaired) electrons. The van der Waals surface area contributed by atoms with Crippen LogP contribution < -0.4 is 16.0 Å². The van der Waals surface area contributed by atoms with E-state index in [0.29, 0.717) is 18.9 Å². The smallest absolute Gasteiger partial charge is 0.242 e. The molecule has 0 spiro atoms. The number of nitrogens with one attached hydrogen (secondary N) is 3. The normalized spacial score (nSPS) is 18.1. The van der Waals surface area contributed by atoms with Crippen LogP contribution in [-0.4, -0.2) is 37.5 Å². The zero-order valence-electron chi connectivity index (χ0n) is 11.4. The van der Waals surface area contributed by atoms with E-state index in [4.69, 9.17) is 0 Å². The number of rotatable bonds is 6. The topological polar surface area (TPSA) is 70.2 Å². The third kappa shape index (κ3) is 5.49. The van der Waals surface area contributed by atoms with E-state index >= 15 is 0 Å². The summed E-state index contributed by atoms with van der Waals surface area (Å²) in [7, 11) is 0. The summed E-state index contributed by atoms with van der Waals surface area (Å²) in [6, 6.07) is -0.439. The maximum atomic E-state index is 11.7. The van der Waals surface area contributed by atoms with Crippen LogP contribution in [0.5, 0.6) is 0 Å². The van der Waals surface area contributed by atoms with Crippen molar-refractivity contribution in [3.8, 4) is 0 Å². The third-order valence-electron chi connectivity index (χ3n) is 3.36. The molecule has 0 aliphatic carbocycles. The Bertz CT molecular complexity index is 275. The summed E-state index contributed by atoms with van der Waals surface area (Å²) in [5, 5.41) is 8.74. The van der Waals surface area contributed by atoms with Crippen molar-refractivity contribution in [2.24, 2.45) is 5.92 Å². The second-order valence-corrected chi connectivity index (χ2v) is 4.92. The lowest BCUT2D eigenvalue weighted by Crippen LogP contribution is -2.44. The largest absolute Gasteiger partial charge is 0.355 e. The lowest BCUT2D eigenvalue weighted by atomic mass is 9.93. The van der Waals surface area contributed by atoms with Crippen LogP contribution in [0.4, 0.5) is 0 Å². The summed E-state index contributed by atoms with van der Waals surface area (Å²) >= 11 is 0. The Morgan fingerprint density at radius 1 is 1.33 bits per heavy atom. The van der Waals surface area contributed by atoms with Crippen LogP contribution in [0.15, 0.2) is 0 Å². The van der Waals surface area contributed by atoms with Gasteiger partial charge in [0, 0.05) is 13.0 Å². The van der Waals surface area contributed by atoms with Gasteiger partial charge in [0.15, 0.2) is 0 Å². The first-order valence-electron chi connectivity index (χ1n) is 6.91. The van der Waals surface area contributed by atoms with Crippen molar-refractivity contribution in [3.05, 3.63) is 0 Å². The van der Waals surface area contributed by atoms with E-state index in [2.05, 4.69) is 16.0 Å². The van der Waals surface area contributed by atoms with E-state index in [1.807, 2.05) is 6.92 Å². The summed E-state index contributed by atoms with van der Waals surface area (Å²) in [5.41, 5.74) is 0. The fraction of sp³-hybridized carbons (Fsp3) is 0.846. The Morgan fingerprint density at radius 3 is 2.61 bits per heavy atom. The number of likely N-dealkylation sites (N-methyl/N-ethyl adjacent to an activating group) is 1. The molecule has 0 saturated carbocycles. The summed E-state index contributed by atoms with van der Waals surface area (Å²) in [4.78, 5) is 23.1. The van der Waals surface area contributed by atoms with Crippen molar-refractivity contribution >= 4 is 11.8 Å². The molecule has 3 N–H and O–H groups in total. The number of hydrogen-bond acceptors (Lipinski definition) is 3. The maximum Gasteiger partial charge on any atom is 0.242 e. The molecule has 5 nitrogen and oxygen atoms in total. The molecule has 0 bridgehead atoms. The minimum absolute atomic E-state index is 0.0210. The Labute approximate surface area is 109 Å². The number of amides is 2. The van der Waals surface area contributed by atoms with Gasteiger partial charge in [0.1, 0.15) is 6.04 Å². The molecule has 104 valence electrons. The van der Waals surface area contributed by atoms with Gasteiger partial charge in [-0.2, -0.15) is 0 Å². The van der Waals surface area contributed by atoms with Gasteiger partial charge in [0.2, 0.25) is 11.8 Å². The third-order valence-corrected chi connectivity index (χ3v) is 3.36. The zero-order chi connectivity index (χ0) is 13.4. The van der Waals surface area contributed by atoms with E-state index in [0.717, 1.165) is 32.4 Å². The van der Waals surface area contributed by atoms with Gasteiger partial charge in [0.05, 0.1) is 0 Å². The van der Waals surface area contributed by atoms with Gasteiger partial charge in [-0.05, 0) is 52.1 Å². The van der Waals surface area contributed by atoms with Gasteiger partial charge in [-0.25, -0.2) is 0 Å². The van der Waals surface area contributed by atoms with Crippen molar-refractivity contribution in [1.82, 2.24) is 16.0 Å². The number of piperidine rings is 1. The lowest BCUT2D eigenvalue weighted by Gasteiger charge is -2.22. The lowest BCUT2D eigenvalue weighted by molar-refractivity contribution is -0.128. The van der Waals surface area contributed by atoms with E-state index < -0.39 is 6.04 Å². The molecule has 0 aromatic carbocycles. The van der Waals surface area contributed by atoms with Crippen LogP contribution in [0, 0.1) is 5.92 Å². The average Bonchev–Trinajstić information content (AvgIpc) is 2.38. The van der Waals surface area contributed by atoms with Crippen LogP contribution in [0.3, 0.4) is 0 Å². The van der Waals surface area contributed by atoms with Gasteiger partial charge >= 0.3 is 0 Å².